The summed E-state index contributed by atoms with van der Waals surface area (Å²) >= 11 is 0. The van der Waals surface area contributed by atoms with Crippen LogP contribution in [0.2, 0.25) is 0 Å². The number of aromatic nitrogens is 5. The van der Waals surface area contributed by atoms with Crippen LogP contribution in [0.5, 0.6) is 0 Å². The molecule has 1 aliphatic rings. The summed E-state index contributed by atoms with van der Waals surface area (Å²) < 4.78 is 18.8. The number of hydrogen-bond acceptors (Lipinski definition) is 9. The Hall–Kier alpha value is -7.27. The molecule has 0 bridgehead atoms. The first kappa shape index (κ1) is 41.1. The maximum atomic E-state index is 10.9. The molecule has 10 heteroatoms. The van der Waals surface area contributed by atoms with Crippen LogP contribution >= 0.6 is 0 Å². The number of ether oxygens (including phenoxy) is 1. The van der Waals surface area contributed by atoms with Crippen LogP contribution in [0.25, 0.3) is 78.8 Å². The van der Waals surface area contributed by atoms with Gasteiger partial charge in [0.15, 0.2) is 0 Å². The maximum Gasteiger partial charge on any atom is 0.258 e. The topological polar surface area (TPSA) is 112 Å². The molecule has 0 spiro atoms. The van der Waals surface area contributed by atoms with Gasteiger partial charge in [-0.3, -0.25) is 4.90 Å². The number of fused-ring (bicyclic) bond motifs is 2. The van der Waals surface area contributed by atoms with Crippen molar-refractivity contribution in [1.82, 2.24) is 29.7 Å². The van der Waals surface area contributed by atoms with Crippen LogP contribution in [-0.4, -0.2) is 56.2 Å². The number of methoxy groups -OCH3 is 1. The average Bonchev–Trinajstić information content (AvgIpc) is 4.09. The van der Waals surface area contributed by atoms with Gasteiger partial charge in [-0.15, -0.1) is 0 Å². The average molecular weight is 833 g/mol. The quantitative estimate of drug-likeness (QED) is 0.124. The highest BCUT2D eigenvalue weighted by atomic mass is 16.5. The number of aryl methyl sites for hydroxylation is 4. The third-order valence-electron chi connectivity index (χ3n) is 11.9. The molecule has 0 N–H and O–H groups in total. The Balaban J connectivity index is 0.000000162. The highest BCUT2D eigenvalue weighted by Gasteiger charge is 2.20. The fourth-order valence-corrected chi connectivity index (χ4v) is 8.47. The highest BCUT2D eigenvalue weighted by molar-refractivity contribution is 5.85. The number of carbonyl (C=O) groups is 1. The number of benzene rings is 6. The fourth-order valence-electron chi connectivity index (χ4n) is 8.47. The summed E-state index contributed by atoms with van der Waals surface area (Å²) in [4.78, 5) is 22.4. The van der Waals surface area contributed by atoms with Gasteiger partial charge in [0.05, 0.1) is 13.2 Å². The van der Waals surface area contributed by atoms with Crippen LogP contribution in [0.15, 0.2) is 143 Å². The molecule has 0 atom stereocenters. The number of rotatable bonds is 10. The molecule has 0 fully saturated rings. The smallest absolute Gasteiger partial charge is 0.258 e. The molecule has 0 unspecified atom stereocenters. The van der Waals surface area contributed by atoms with Gasteiger partial charge < -0.3 is 23.1 Å². The van der Waals surface area contributed by atoms with Gasteiger partial charge in [0.2, 0.25) is 11.6 Å². The van der Waals surface area contributed by atoms with Gasteiger partial charge in [0.25, 0.3) is 11.8 Å². The summed E-state index contributed by atoms with van der Waals surface area (Å²) in [6.45, 7) is 8.97. The largest absolute Gasteiger partial charge is 0.380 e. The van der Waals surface area contributed by atoms with Crippen molar-refractivity contribution < 1.29 is 18.6 Å². The molecule has 0 saturated heterocycles. The van der Waals surface area contributed by atoms with E-state index in [4.69, 9.17) is 13.8 Å². The second-order valence-corrected chi connectivity index (χ2v) is 16.1. The molecule has 0 amide bonds. The van der Waals surface area contributed by atoms with Crippen molar-refractivity contribution in [2.24, 2.45) is 7.05 Å². The minimum absolute atomic E-state index is 0.457. The zero-order valence-electron chi connectivity index (χ0n) is 36.1. The van der Waals surface area contributed by atoms with Crippen LogP contribution < -0.4 is 0 Å². The van der Waals surface area contributed by atoms with Crippen molar-refractivity contribution in [1.29, 1.82) is 0 Å². The van der Waals surface area contributed by atoms with E-state index in [1.54, 1.807) is 7.11 Å². The van der Waals surface area contributed by atoms with E-state index < -0.39 is 0 Å². The second kappa shape index (κ2) is 18.0. The monoisotopic (exact) mass is 832 g/mol. The minimum Gasteiger partial charge on any atom is -0.380 e. The van der Waals surface area contributed by atoms with Crippen molar-refractivity contribution in [3.63, 3.8) is 0 Å². The lowest BCUT2D eigenvalue weighted by Crippen LogP contribution is -2.31. The Morgan fingerprint density at radius 3 is 1.90 bits per heavy atom. The zero-order chi connectivity index (χ0) is 43.5. The van der Waals surface area contributed by atoms with Crippen molar-refractivity contribution in [3.8, 4) is 67.9 Å². The van der Waals surface area contributed by atoms with Crippen LogP contribution in [-0.2, 0) is 36.2 Å². The Labute approximate surface area is 366 Å². The molecule has 0 saturated carbocycles. The van der Waals surface area contributed by atoms with Gasteiger partial charge in [-0.2, -0.15) is 9.97 Å². The van der Waals surface area contributed by atoms with Crippen molar-refractivity contribution in [3.05, 3.63) is 167 Å². The number of nitrogens with zero attached hydrogens (tertiary/aromatic N) is 6. The molecule has 3 aromatic heterocycles. The first-order valence-corrected chi connectivity index (χ1v) is 21.1. The van der Waals surface area contributed by atoms with E-state index in [1.165, 1.54) is 50.0 Å². The van der Waals surface area contributed by atoms with Crippen LogP contribution in [0.4, 0.5) is 0 Å². The predicted octanol–water partition coefficient (Wildman–Crippen LogP) is 11.3. The van der Waals surface area contributed by atoms with Crippen molar-refractivity contribution in [2.75, 3.05) is 20.2 Å². The number of carbonyl (C=O) groups excluding carboxylic acids is 1. The Morgan fingerprint density at radius 2 is 1.24 bits per heavy atom. The summed E-state index contributed by atoms with van der Waals surface area (Å²) in [5, 5.41) is 9.62. The summed E-state index contributed by atoms with van der Waals surface area (Å²) in [5.74, 6) is 2.17. The van der Waals surface area contributed by atoms with Gasteiger partial charge in [0, 0.05) is 66.6 Å². The SMILES string of the molecule is COCc1cc(-c2nc(-c3ccc4c(c3)CN(CC=O)CC4)no2)ccc1-c1ccccc1C.Cc1ccccc1-c1ccc(-c2nc(-c3ccc4c(ccn4C)c3)no2)cc1C. The Morgan fingerprint density at radius 1 is 0.635 bits per heavy atom. The van der Waals surface area contributed by atoms with Crippen LogP contribution in [0.1, 0.15) is 33.4 Å². The number of aldehydes is 1. The molecular weight excluding hydrogens is 785 g/mol. The first-order valence-electron chi connectivity index (χ1n) is 21.1. The van der Waals surface area contributed by atoms with Crippen LogP contribution in [0, 0.1) is 20.8 Å². The predicted molar refractivity (Wildman–Crippen MR) is 248 cm³/mol. The molecular formula is C53H48N6O4. The molecule has 9 aromatic rings. The molecule has 4 heterocycles. The molecule has 10 rings (SSSR count). The Kier molecular flexibility index (Phi) is 11.7. The third-order valence-corrected chi connectivity index (χ3v) is 11.9. The van der Waals surface area contributed by atoms with E-state index in [9.17, 15) is 4.79 Å². The molecule has 314 valence electrons. The molecule has 0 radical (unpaired) electrons. The number of hydrogen-bond donors (Lipinski definition) is 0. The lowest BCUT2D eigenvalue weighted by molar-refractivity contribution is -0.109. The minimum atomic E-state index is 0.457. The normalized spacial score (nSPS) is 12.5. The zero-order valence-corrected chi connectivity index (χ0v) is 36.1. The molecule has 6 aromatic carbocycles. The van der Waals surface area contributed by atoms with E-state index in [0.717, 1.165) is 64.6 Å². The lowest BCUT2D eigenvalue weighted by atomic mass is 9.94. The maximum absolute atomic E-state index is 10.9. The van der Waals surface area contributed by atoms with E-state index >= 15 is 0 Å². The Bertz CT molecular complexity index is 3090. The van der Waals surface area contributed by atoms with E-state index in [0.29, 0.717) is 36.6 Å². The molecule has 63 heavy (non-hydrogen) atoms. The molecule has 1 aliphatic heterocycles. The van der Waals surface area contributed by atoms with Gasteiger partial charge >= 0.3 is 0 Å². The lowest BCUT2D eigenvalue weighted by Gasteiger charge is -2.27. The highest BCUT2D eigenvalue weighted by Crippen LogP contribution is 2.34. The second-order valence-electron chi connectivity index (χ2n) is 16.1. The standard InChI is InChI=1S/C28H27N3O3.C25H21N3O/c1-19-5-3-4-6-25(19)26-10-9-22(16-24(26)18-33-2)28-29-27(30-34-28)21-8-7-20-11-12-31(13-14-32)17-23(20)15-21;1-16-6-4-5-7-21(16)22-10-8-20(14-17(22)2)25-26-24(27-29-25)19-9-11-23-18(15-19)12-13-28(23)3/h3-10,14-16H,11-13,17-18H2,1-2H3;4-15H,1-3H3. The van der Waals surface area contributed by atoms with E-state index in [-0.39, 0.29) is 0 Å². The van der Waals surface area contributed by atoms with Gasteiger partial charge in [-0.25, -0.2) is 0 Å². The summed E-state index contributed by atoms with van der Waals surface area (Å²) in [5.41, 5.74) is 16.9. The van der Waals surface area contributed by atoms with E-state index in [1.807, 2.05) is 43.4 Å². The summed E-state index contributed by atoms with van der Waals surface area (Å²) in [7, 11) is 3.74. The fraction of sp³-hybridized carbons (Fsp3) is 0.189. The molecule has 10 nitrogen and oxygen atoms in total. The first-order chi connectivity index (χ1) is 30.8. The summed E-state index contributed by atoms with van der Waals surface area (Å²) in [6, 6.07) is 43.8. The van der Waals surface area contributed by atoms with Gasteiger partial charge in [-0.1, -0.05) is 83.1 Å². The van der Waals surface area contributed by atoms with Crippen molar-refractivity contribution in [2.45, 2.75) is 40.3 Å². The summed E-state index contributed by atoms with van der Waals surface area (Å²) in [6.07, 6.45) is 3.95. The molecule has 0 aliphatic carbocycles. The van der Waals surface area contributed by atoms with E-state index in [2.05, 4.69) is 148 Å². The van der Waals surface area contributed by atoms with Gasteiger partial charge in [-0.05, 0) is 137 Å². The van der Waals surface area contributed by atoms with Gasteiger partial charge in [0.1, 0.15) is 6.29 Å². The van der Waals surface area contributed by atoms with Crippen molar-refractivity contribution >= 4 is 17.2 Å². The van der Waals surface area contributed by atoms with Crippen LogP contribution in [0.3, 0.4) is 0 Å². The third kappa shape index (κ3) is 8.64.